The van der Waals surface area contributed by atoms with Crippen molar-refractivity contribution in [3.05, 3.63) is 64.8 Å². The first kappa shape index (κ1) is 40.5. The van der Waals surface area contributed by atoms with Crippen molar-refractivity contribution >= 4 is 40.4 Å². The number of carbonyl (C=O) groups excluding carboxylic acids is 3. The van der Waals surface area contributed by atoms with Gasteiger partial charge in [-0.05, 0) is 49.9 Å². The van der Waals surface area contributed by atoms with Crippen molar-refractivity contribution in [3.63, 3.8) is 0 Å². The number of piperazine rings is 1. The lowest BCUT2D eigenvalue weighted by atomic mass is 9.80. The van der Waals surface area contributed by atoms with Gasteiger partial charge in [-0.3, -0.25) is 19.3 Å². The molecule has 0 aliphatic carbocycles. The molecule has 15 nitrogen and oxygen atoms in total. The molecule has 0 spiro atoms. The average molecular weight is 786 g/mol. The number of ether oxygens (including phenoxy) is 1. The van der Waals surface area contributed by atoms with Crippen LogP contribution in [-0.4, -0.2) is 112 Å². The molecule has 2 aliphatic heterocycles. The van der Waals surface area contributed by atoms with E-state index in [1.165, 1.54) is 11.3 Å². The molecule has 2 saturated heterocycles. The average Bonchev–Trinajstić information content (AvgIpc) is 3.88. The number of aromatic nitrogens is 3. The third kappa shape index (κ3) is 9.44. The zero-order valence-corrected chi connectivity index (χ0v) is 33.1. The van der Waals surface area contributed by atoms with Gasteiger partial charge in [0.15, 0.2) is 11.6 Å². The maximum atomic E-state index is 14.5. The summed E-state index contributed by atoms with van der Waals surface area (Å²) in [6.45, 7) is 11.7. The highest BCUT2D eigenvalue weighted by Crippen LogP contribution is 2.39. The number of para-hydroxylation sites is 1. The van der Waals surface area contributed by atoms with Crippen LogP contribution < -0.4 is 26.6 Å². The van der Waals surface area contributed by atoms with Gasteiger partial charge in [-0.15, -0.1) is 21.5 Å². The summed E-state index contributed by atoms with van der Waals surface area (Å²) >= 11 is 1.36. The molecular formula is C40H51N9O6S. The Kier molecular flexibility index (Phi) is 12.8. The van der Waals surface area contributed by atoms with Crippen molar-refractivity contribution < 1.29 is 29.3 Å². The Hall–Kier alpha value is -5.16. The van der Waals surface area contributed by atoms with E-state index in [2.05, 4.69) is 40.9 Å². The molecule has 2 aromatic carbocycles. The summed E-state index contributed by atoms with van der Waals surface area (Å²) in [5.41, 5.74) is 10.7. The van der Waals surface area contributed by atoms with E-state index >= 15 is 0 Å². The molecule has 4 aromatic rings. The van der Waals surface area contributed by atoms with Crippen LogP contribution in [0.15, 0.2) is 48.0 Å². The Morgan fingerprint density at radius 3 is 2.52 bits per heavy atom. The number of Topliss-reactive ketones (excluding diaryl/α,β-unsaturated/α-hetero) is 1. The van der Waals surface area contributed by atoms with Crippen LogP contribution in [0.25, 0.3) is 21.7 Å². The lowest BCUT2D eigenvalue weighted by Crippen LogP contribution is -2.50. The summed E-state index contributed by atoms with van der Waals surface area (Å²) in [6.07, 6.45) is 1.66. The van der Waals surface area contributed by atoms with Gasteiger partial charge in [-0.25, -0.2) is 4.98 Å². The monoisotopic (exact) mass is 785 g/mol. The molecule has 2 fully saturated rings. The van der Waals surface area contributed by atoms with Crippen LogP contribution in [0.1, 0.15) is 55.2 Å². The molecule has 2 amide bonds. The standard InChI is InChI=1S/C40H51N9O6S/c1-24-36(56-23-44-24)27-12-11-25(21-43-39(54)28-9-7-13-42-28)34(52)33(27)35(53)37(40(2,3)4)45-32(51)22-55-19-18-48-14-16-49(17-15-48)30-20-29(46-47-38(30)41)26-8-5-6-10-31(26)50/h5-6,8,10-12,20,23,28,37,42,50,52H,7,9,13-19,21-22H2,1-4H3,(H2,41,47)(H,43,54)(H,45,51)/t28?,37-/m1/s1. The Labute approximate surface area is 330 Å². The molecule has 6 rings (SSSR count). The molecule has 7 N–H and O–H groups in total. The highest BCUT2D eigenvalue weighted by atomic mass is 32.1. The molecule has 2 aliphatic rings. The number of aromatic hydroxyl groups is 2. The predicted octanol–water partition coefficient (Wildman–Crippen LogP) is 3.49. The van der Waals surface area contributed by atoms with Gasteiger partial charge in [0, 0.05) is 56.0 Å². The summed E-state index contributed by atoms with van der Waals surface area (Å²) < 4.78 is 5.80. The Morgan fingerprint density at radius 2 is 1.84 bits per heavy atom. The van der Waals surface area contributed by atoms with Crippen molar-refractivity contribution in [1.82, 2.24) is 36.0 Å². The Morgan fingerprint density at radius 1 is 1.07 bits per heavy atom. The minimum Gasteiger partial charge on any atom is -0.507 e. The number of ketones is 1. The van der Waals surface area contributed by atoms with Gasteiger partial charge < -0.3 is 41.5 Å². The fraction of sp³-hybridized carbons (Fsp3) is 0.450. The lowest BCUT2D eigenvalue weighted by Gasteiger charge is -2.36. The number of rotatable bonds is 14. The van der Waals surface area contributed by atoms with Crippen molar-refractivity contribution in [2.45, 2.75) is 59.2 Å². The number of aryl methyl sites for hydroxylation is 1. The number of phenolic OH excluding ortho intramolecular Hbond substituents is 2. The lowest BCUT2D eigenvalue weighted by molar-refractivity contribution is -0.127. The number of phenols is 2. The number of amides is 2. The third-order valence-electron chi connectivity index (χ3n) is 10.2. The van der Waals surface area contributed by atoms with Gasteiger partial charge in [0.25, 0.3) is 0 Å². The van der Waals surface area contributed by atoms with Crippen LogP contribution in [0.4, 0.5) is 11.5 Å². The molecule has 1 unspecified atom stereocenters. The minimum absolute atomic E-state index is 0.0378. The summed E-state index contributed by atoms with van der Waals surface area (Å²) in [5.74, 6) is -0.866. The first-order chi connectivity index (χ1) is 26.8. The van der Waals surface area contributed by atoms with Gasteiger partial charge in [-0.2, -0.15) is 0 Å². The van der Waals surface area contributed by atoms with Crippen molar-refractivity contribution in [2.75, 3.05) is 63.1 Å². The van der Waals surface area contributed by atoms with E-state index in [1.54, 1.807) is 35.8 Å². The predicted molar refractivity (Wildman–Crippen MR) is 216 cm³/mol. The number of nitrogens with two attached hydrogens (primary N) is 1. The van der Waals surface area contributed by atoms with E-state index in [0.29, 0.717) is 60.1 Å². The summed E-state index contributed by atoms with van der Waals surface area (Å²) in [6, 6.07) is 11.0. The van der Waals surface area contributed by atoms with E-state index in [4.69, 9.17) is 10.5 Å². The summed E-state index contributed by atoms with van der Waals surface area (Å²) in [4.78, 5) is 50.0. The first-order valence-corrected chi connectivity index (χ1v) is 19.8. The number of carbonyl (C=O) groups is 3. The molecule has 298 valence electrons. The number of nitrogens with zero attached hydrogens (tertiary/aromatic N) is 5. The number of hydrogen-bond acceptors (Lipinski definition) is 14. The molecule has 2 atom stereocenters. The Bertz CT molecular complexity index is 2040. The van der Waals surface area contributed by atoms with E-state index in [-0.39, 0.29) is 42.2 Å². The molecule has 56 heavy (non-hydrogen) atoms. The van der Waals surface area contributed by atoms with E-state index in [0.717, 1.165) is 43.0 Å². The van der Waals surface area contributed by atoms with Crippen LogP contribution in [0.2, 0.25) is 0 Å². The summed E-state index contributed by atoms with van der Waals surface area (Å²) in [7, 11) is 0. The largest absolute Gasteiger partial charge is 0.507 e. The highest BCUT2D eigenvalue weighted by molar-refractivity contribution is 7.13. The summed E-state index contributed by atoms with van der Waals surface area (Å²) in [5, 5.41) is 39.2. The molecule has 16 heteroatoms. The zero-order valence-electron chi connectivity index (χ0n) is 32.3. The van der Waals surface area contributed by atoms with E-state index in [9.17, 15) is 24.6 Å². The maximum Gasteiger partial charge on any atom is 0.246 e. The van der Waals surface area contributed by atoms with Gasteiger partial charge in [0.1, 0.15) is 18.1 Å². The molecule has 0 saturated carbocycles. The second-order valence-corrected chi connectivity index (χ2v) is 16.1. The van der Waals surface area contributed by atoms with Crippen molar-refractivity contribution in [2.24, 2.45) is 5.41 Å². The first-order valence-electron chi connectivity index (χ1n) is 18.9. The third-order valence-corrected chi connectivity index (χ3v) is 11.2. The molecule has 0 bridgehead atoms. The molecular weight excluding hydrogens is 735 g/mol. The van der Waals surface area contributed by atoms with Crippen LogP contribution in [0.5, 0.6) is 11.5 Å². The highest BCUT2D eigenvalue weighted by Gasteiger charge is 2.37. The van der Waals surface area contributed by atoms with Gasteiger partial charge in [0.05, 0.1) is 51.7 Å². The van der Waals surface area contributed by atoms with Crippen molar-refractivity contribution in [1.29, 1.82) is 0 Å². The molecule has 0 radical (unpaired) electrons. The second-order valence-electron chi connectivity index (χ2n) is 15.3. The number of hydrogen-bond donors (Lipinski definition) is 6. The maximum absolute atomic E-state index is 14.5. The normalized spacial score (nSPS) is 16.8. The fourth-order valence-corrected chi connectivity index (χ4v) is 7.89. The van der Waals surface area contributed by atoms with Crippen LogP contribution >= 0.6 is 11.3 Å². The van der Waals surface area contributed by atoms with Crippen LogP contribution in [-0.2, 0) is 20.9 Å². The van der Waals surface area contributed by atoms with Gasteiger partial charge in [0.2, 0.25) is 11.8 Å². The number of nitrogen functional groups attached to an aromatic ring is 1. The van der Waals surface area contributed by atoms with Gasteiger partial charge >= 0.3 is 0 Å². The van der Waals surface area contributed by atoms with Crippen molar-refractivity contribution in [3.8, 4) is 33.2 Å². The molecule has 4 heterocycles. The number of nitrogens with one attached hydrogen (secondary N) is 3. The van der Waals surface area contributed by atoms with Gasteiger partial charge in [-0.1, -0.05) is 45.0 Å². The smallest absolute Gasteiger partial charge is 0.246 e. The van der Waals surface area contributed by atoms with Crippen LogP contribution in [0, 0.1) is 12.3 Å². The topological polar surface area (TPSA) is 208 Å². The zero-order chi connectivity index (χ0) is 40.0. The second kappa shape index (κ2) is 17.7. The van der Waals surface area contributed by atoms with E-state index < -0.39 is 23.1 Å². The Balaban J connectivity index is 1.05. The number of benzene rings is 2. The minimum atomic E-state index is -1.00. The van der Waals surface area contributed by atoms with E-state index in [1.807, 2.05) is 39.8 Å². The number of thiazole rings is 1. The quantitative estimate of drug-likeness (QED) is 0.0801. The fourth-order valence-electron chi connectivity index (χ4n) is 7.05. The molecule has 2 aromatic heterocycles. The number of anilines is 2. The van der Waals surface area contributed by atoms with Crippen LogP contribution in [0.3, 0.4) is 0 Å². The SMILES string of the molecule is Cc1ncsc1-c1ccc(CNC(=O)C2CCCN2)c(O)c1C(=O)[C@@H](NC(=O)COCCN1CCN(c2cc(-c3ccccc3O)nnc2N)CC1)C(C)(C)C.